The normalized spacial score (nSPS) is 47.1. The van der Waals surface area contributed by atoms with Gasteiger partial charge in [0.1, 0.15) is 0 Å². The van der Waals surface area contributed by atoms with Crippen molar-refractivity contribution >= 4 is 29.1 Å². The van der Waals surface area contributed by atoms with Gasteiger partial charge in [-0.1, -0.05) is 18.6 Å². The molecule has 0 spiro atoms. The molecule has 0 bridgehead atoms. The quantitative estimate of drug-likeness (QED) is 0.540. The highest BCUT2D eigenvalue weighted by molar-refractivity contribution is 6.28. The number of esters is 1. The van der Waals surface area contributed by atoms with Gasteiger partial charge in [-0.25, -0.2) is 4.39 Å². The SMILES string of the molecule is COC(=O)[C@@H]1C[C@H]2[C@@H]3CCC4=CC(=O)C=C[C@]4(C)[C@@]3(F)[C@@H](O)C[C@]2(C)C1C(=O)CCl. The van der Waals surface area contributed by atoms with Crippen LogP contribution in [0.1, 0.15) is 39.5 Å². The Balaban J connectivity index is 1.82. The van der Waals surface area contributed by atoms with Crippen molar-refractivity contribution in [2.24, 2.45) is 34.5 Å². The van der Waals surface area contributed by atoms with E-state index < -0.39 is 46.3 Å². The van der Waals surface area contributed by atoms with E-state index in [1.54, 1.807) is 13.0 Å². The number of aliphatic hydroxyl groups excluding tert-OH is 1. The maximum absolute atomic E-state index is 17.0. The van der Waals surface area contributed by atoms with Crippen molar-refractivity contribution < 1.29 is 28.6 Å². The predicted octanol–water partition coefficient (Wildman–Crippen LogP) is 3.18. The van der Waals surface area contributed by atoms with E-state index in [2.05, 4.69) is 0 Å². The van der Waals surface area contributed by atoms with Gasteiger partial charge in [0.25, 0.3) is 0 Å². The van der Waals surface area contributed by atoms with Crippen LogP contribution < -0.4 is 0 Å². The number of Topliss-reactive ketones (excluding diaryl/α,β-unsaturated/α-hetero) is 1. The van der Waals surface area contributed by atoms with Crippen molar-refractivity contribution in [2.45, 2.75) is 51.3 Å². The average Bonchev–Trinajstić information content (AvgIpc) is 3.01. The number of fused-ring (bicyclic) bond motifs is 5. The van der Waals surface area contributed by atoms with Crippen LogP contribution in [0, 0.1) is 34.5 Å². The molecule has 0 aromatic heterocycles. The van der Waals surface area contributed by atoms with Gasteiger partial charge in [-0.2, -0.15) is 0 Å². The van der Waals surface area contributed by atoms with Gasteiger partial charge in [-0.05, 0) is 56.1 Å². The summed E-state index contributed by atoms with van der Waals surface area (Å²) in [7, 11) is 1.28. The third kappa shape index (κ3) is 2.59. The number of halogens is 2. The summed E-state index contributed by atoms with van der Waals surface area (Å²) in [5.41, 5.74) is -3.14. The molecule has 4 rings (SSSR count). The maximum Gasteiger partial charge on any atom is 0.309 e. The summed E-state index contributed by atoms with van der Waals surface area (Å²) < 4.78 is 22.0. The first-order valence-electron chi connectivity index (χ1n) is 10.5. The second-order valence-corrected chi connectivity index (χ2v) is 10.1. The van der Waals surface area contributed by atoms with E-state index in [-0.39, 0.29) is 29.8 Å². The van der Waals surface area contributed by atoms with Crippen LogP contribution in [-0.4, -0.2) is 47.4 Å². The van der Waals surface area contributed by atoms with Crippen LogP contribution in [0.4, 0.5) is 4.39 Å². The lowest BCUT2D eigenvalue weighted by atomic mass is 9.45. The summed E-state index contributed by atoms with van der Waals surface area (Å²) >= 11 is 5.88. The van der Waals surface area contributed by atoms with Crippen LogP contribution in [0.25, 0.3) is 0 Å². The van der Waals surface area contributed by atoms with Crippen LogP contribution in [0.3, 0.4) is 0 Å². The zero-order valence-corrected chi connectivity index (χ0v) is 18.2. The van der Waals surface area contributed by atoms with E-state index >= 15 is 4.39 Å². The fraction of sp³-hybridized carbons (Fsp3) is 0.696. The summed E-state index contributed by atoms with van der Waals surface area (Å²) in [5, 5.41) is 11.2. The monoisotopic (exact) mass is 438 g/mol. The minimum atomic E-state index is -1.99. The zero-order chi connectivity index (χ0) is 22.1. The molecule has 4 aliphatic carbocycles. The Morgan fingerprint density at radius 3 is 2.67 bits per heavy atom. The highest BCUT2D eigenvalue weighted by Gasteiger charge is 2.72. The molecule has 8 atom stereocenters. The number of allylic oxidation sites excluding steroid dienone is 4. The Morgan fingerprint density at radius 2 is 2.03 bits per heavy atom. The fourth-order valence-corrected chi connectivity index (χ4v) is 7.49. The minimum absolute atomic E-state index is 0.0517. The van der Waals surface area contributed by atoms with Crippen molar-refractivity contribution in [3.05, 3.63) is 23.8 Å². The lowest BCUT2D eigenvalue weighted by molar-refractivity contribution is -0.195. The smallest absolute Gasteiger partial charge is 0.309 e. The number of carbonyl (C=O) groups excluding carboxylic acids is 3. The number of aliphatic hydroxyl groups is 1. The Labute approximate surface area is 180 Å². The molecular weight excluding hydrogens is 411 g/mol. The van der Waals surface area contributed by atoms with Crippen LogP contribution in [-0.2, 0) is 19.1 Å². The van der Waals surface area contributed by atoms with E-state index in [0.717, 1.165) is 0 Å². The van der Waals surface area contributed by atoms with Crippen molar-refractivity contribution in [3.8, 4) is 0 Å². The Hall–Kier alpha value is -1.53. The standard InChI is InChI=1S/C23H28ClFO5/c1-21-10-18(28)23(25)15(5-4-12-8-13(26)6-7-22(12,23)2)16(21)9-14(20(29)30-3)19(21)17(27)11-24/h6-8,14-16,18-19,28H,4-5,9-11H2,1-3H3/t14-,15+,16+,18+,19?,21+,22+,23+/m1/s1. The van der Waals surface area contributed by atoms with Gasteiger partial charge < -0.3 is 9.84 Å². The molecule has 0 heterocycles. The summed E-state index contributed by atoms with van der Waals surface area (Å²) in [5.74, 6) is -3.39. The predicted molar refractivity (Wildman–Crippen MR) is 108 cm³/mol. The van der Waals surface area contributed by atoms with Crippen molar-refractivity contribution in [1.82, 2.24) is 0 Å². The van der Waals surface area contributed by atoms with Crippen LogP contribution in [0.2, 0.25) is 0 Å². The molecule has 1 N–H and O–H groups in total. The van der Waals surface area contributed by atoms with E-state index in [1.165, 1.54) is 19.3 Å². The number of alkyl halides is 2. The van der Waals surface area contributed by atoms with Gasteiger partial charge in [0.05, 0.1) is 25.0 Å². The van der Waals surface area contributed by atoms with E-state index in [9.17, 15) is 19.5 Å². The first kappa shape index (κ1) is 21.7. The summed E-state index contributed by atoms with van der Waals surface area (Å²) in [4.78, 5) is 37.2. The summed E-state index contributed by atoms with van der Waals surface area (Å²) in [6.07, 6.45) is 4.50. The highest BCUT2D eigenvalue weighted by atomic mass is 35.5. The molecule has 3 fully saturated rings. The largest absolute Gasteiger partial charge is 0.469 e. The second-order valence-electron chi connectivity index (χ2n) is 9.80. The Kier molecular flexibility index (Phi) is 5.06. The molecular formula is C23H28ClFO5. The number of ketones is 2. The molecule has 7 heteroatoms. The van der Waals surface area contributed by atoms with Crippen molar-refractivity contribution in [1.29, 1.82) is 0 Å². The van der Waals surface area contributed by atoms with E-state index in [0.29, 0.717) is 24.8 Å². The second kappa shape index (κ2) is 6.99. The van der Waals surface area contributed by atoms with Gasteiger partial charge in [0, 0.05) is 17.3 Å². The highest BCUT2D eigenvalue weighted by Crippen LogP contribution is 2.69. The molecule has 0 aliphatic heterocycles. The Morgan fingerprint density at radius 1 is 1.33 bits per heavy atom. The molecule has 0 amide bonds. The molecule has 4 aliphatic rings. The van der Waals surface area contributed by atoms with Crippen LogP contribution >= 0.6 is 11.6 Å². The van der Waals surface area contributed by atoms with E-state index in [1.807, 2.05) is 6.92 Å². The van der Waals surface area contributed by atoms with Gasteiger partial charge >= 0.3 is 5.97 Å². The third-order valence-electron chi connectivity index (χ3n) is 8.68. The maximum atomic E-state index is 17.0. The minimum Gasteiger partial charge on any atom is -0.469 e. The van der Waals surface area contributed by atoms with Crippen LogP contribution in [0.5, 0.6) is 0 Å². The first-order valence-corrected chi connectivity index (χ1v) is 11.1. The van der Waals surface area contributed by atoms with Gasteiger partial charge in [-0.3, -0.25) is 14.4 Å². The molecule has 0 aromatic carbocycles. The zero-order valence-electron chi connectivity index (χ0n) is 17.5. The lowest BCUT2D eigenvalue weighted by Crippen LogP contribution is -2.66. The van der Waals surface area contributed by atoms with Gasteiger partial charge in [0.2, 0.25) is 0 Å². The molecule has 164 valence electrons. The van der Waals surface area contributed by atoms with Crippen LogP contribution in [0.15, 0.2) is 23.8 Å². The molecule has 0 radical (unpaired) electrons. The lowest BCUT2D eigenvalue weighted by Gasteiger charge is -2.61. The number of rotatable bonds is 3. The van der Waals surface area contributed by atoms with Crippen molar-refractivity contribution in [2.75, 3.05) is 13.0 Å². The van der Waals surface area contributed by atoms with Gasteiger partial charge in [-0.15, -0.1) is 11.6 Å². The summed E-state index contributed by atoms with van der Waals surface area (Å²) in [6, 6.07) is 0. The number of ether oxygens (including phenoxy) is 1. The molecule has 30 heavy (non-hydrogen) atoms. The topological polar surface area (TPSA) is 80.7 Å². The van der Waals surface area contributed by atoms with Crippen molar-refractivity contribution in [3.63, 3.8) is 0 Å². The number of hydrogen-bond donors (Lipinski definition) is 1. The third-order valence-corrected chi connectivity index (χ3v) is 8.94. The molecule has 5 nitrogen and oxygen atoms in total. The first-order chi connectivity index (χ1) is 14.0. The van der Waals surface area contributed by atoms with Gasteiger partial charge in [0.15, 0.2) is 17.2 Å². The fourth-order valence-electron chi connectivity index (χ4n) is 7.32. The molecule has 0 aromatic rings. The summed E-state index contributed by atoms with van der Waals surface area (Å²) in [6.45, 7) is 3.63. The molecule has 3 saturated carbocycles. The number of hydrogen-bond acceptors (Lipinski definition) is 5. The molecule has 0 saturated heterocycles. The molecule has 1 unspecified atom stereocenters. The van der Waals surface area contributed by atoms with E-state index in [4.69, 9.17) is 16.3 Å². The number of methoxy groups -OCH3 is 1. The Bertz CT molecular complexity index is 868. The average molecular weight is 439 g/mol. The number of carbonyl (C=O) groups is 3.